The Morgan fingerprint density at radius 2 is 1.85 bits per heavy atom. The third kappa shape index (κ3) is 6.37. The lowest BCUT2D eigenvalue weighted by Gasteiger charge is -2.29. The molecule has 1 heterocycles. The van der Waals surface area contributed by atoms with E-state index >= 15 is 0 Å². The van der Waals surface area contributed by atoms with E-state index in [1.807, 2.05) is 45.0 Å². The summed E-state index contributed by atoms with van der Waals surface area (Å²) in [6, 6.07) is 17.5. The number of nitriles is 1. The molecule has 0 aliphatic heterocycles. The molecule has 0 saturated heterocycles. The number of aromatic nitrogens is 2. The molecule has 1 aromatic heterocycles. The van der Waals surface area contributed by atoms with Gasteiger partial charge in [-0.05, 0) is 64.4 Å². The van der Waals surface area contributed by atoms with Crippen molar-refractivity contribution in [2.24, 2.45) is 0 Å². The molecule has 34 heavy (non-hydrogen) atoms. The van der Waals surface area contributed by atoms with Crippen molar-refractivity contribution in [1.82, 2.24) is 14.9 Å². The highest BCUT2D eigenvalue weighted by atomic mass is 19.1. The molecule has 0 aliphatic rings. The number of hydrogen-bond donors (Lipinski definition) is 2. The van der Waals surface area contributed by atoms with Gasteiger partial charge in [0.1, 0.15) is 17.4 Å². The Bertz CT molecular complexity index is 1240. The molecule has 2 aromatic carbocycles. The number of hydrogen-bond acceptors (Lipinski definition) is 7. The van der Waals surface area contributed by atoms with Crippen LogP contribution in [0.1, 0.15) is 13.8 Å². The number of benzene rings is 2. The summed E-state index contributed by atoms with van der Waals surface area (Å²) < 4.78 is 19.6. The van der Waals surface area contributed by atoms with Crippen molar-refractivity contribution < 1.29 is 13.9 Å². The number of carbonyl (C=O) groups is 1. The van der Waals surface area contributed by atoms with Gasteiger partial charge in [0.2, 0.25) is 11.8 Å². The number of nitrogens with one attached hydrogen (secondary N) is 2. The minimum absolute atomic E-state index is 0.00151. The number of rotatable bonds is 8. The molecule has 0 spiro atoms. The van der Waals surface area contributed by atoms with Gasteiger partial charge in [-0.2, -0.15) is 14.6 Å². The highest BCUT2D eigenvalue weighted by molar-refractivity contribution is 6.06. The Hall–Kier alpha value is -4.29. The summed E-state index contributed by atoms with van der Waals surface area (Å²) in [5.41, 5.74) is 0.528. The summed E-state index contributed by atoms with van der Waals surface area (Å²) in [4.78, 5) is 22.6. The van der Waals surface area contributed by atoms with E-state index in [9.17, 15) is 14.4 Å². The first-order chi connectivity index (χ1) is 16.2. The Morgan fingerprint density at radius 3 is 2.53 bits per heavy atom. The van der Waals surface area contributed by atoms with E-state index in [1.165, 1.54) is 0 Å². The number of carbonyl (C=O) groups excluding carboxylic acids is 1. The van der Waals surface area contributed by atoms with E-state index in [1.54, 1.807) is 54.6 Å². The number of ether oxygens (including phenoxy) is 1. The van der Waals surface area contributed by atoms with Crippen LogP contribution in [-0.4, -0.2) is 40.4 Å². The lowest BCUT2D eigenvalue weighted by Crippen LogP contribution is -2.37. The molecule has 0 atom stereocenters. The quantitative estimate of drug-likeness (QED) is 0.365. The lowest BCUT2D eigenvalue weighted by molar-refractivity contribution is -0.112. The average molecular weight is 461 g/mol. The van der Waals surface area contributed by atoms with Crippen molar-refractivity contribution >= 4 is 23.2 Å². The summed E-state index contributed by atoms with van der Waals surface area (Å²) in [5, 5.41) is 15.1. The van der Waals surface area contributed by atoms with Crippen molar-refractivity contribution in [3.8, 4) is 17.7 Å². The number of nitrogens with zero attached hydrogens (tertiary/aromatic N) is 4. The van der Waals surface area contributed by atoms with Crippen molar-refractivity contribution in [2.45, 2.75) is 19.4 Å². The van der Waals surface area contributed by atoms with Gasteiger partial charge in [-0.3, -0.25) is 4.79 Å². The van der Waals surface area contributed by atoms with Crippen molar-refractivity contribution in [2.75, 3.05) is 24.7 Å². The topological polar surface area (TPSA) is 103 Å². The van der Waals surface area contributed by atoms with E-state index in [2.05, 4.69) is 20.6 Å². The van der Waals surface area contributed by atoms with Gasteiger partial charge < -0.3 is 20.3 Å². The van der Waals surface area contributed by atoms with Crippen LogP contribution in [0.3, 0.4) is 0 Å². The highest BCUT2D eigenvalue weighted by Crippen LogP contribution is 2.25. The van der Waals surface area contributed by atoms with Gasteiger partial charge in [0.15, 0.2) is 0 Å². The zero-order valence-electron chi connectivity index (χ0n) is 19.3. The Labute approximate surface area is 197 Å². The molecule has 0 fully saturated rings. The van der Waals surface area contributed by atoms with E-state index in [0.29, 0.717) is 17.1 Å². The number of amides is 1. The Balaban J connectivity index is 1.75. The first kappa shape index (κ1) is 24.4. The first-order valence-electron chi connectivity index (χ1n) is 10.4. The third-order valence-electron chi connectivity index (χ3n) is 5.06. The number of likely N-dealkylation sites (N-methyl/N-ethyl adjacent to an activating group) is 1. The van der Waals surface area contributed by atoms with Crippen LogP contribution in [-0.2, 0) is 4.79 Å². The second-order valence-electron chi connectivity index (χ2n) is 8.14. The molecule has 9 heteroatoms. The van der Waals surface area contributed by atoms with Gasteiger partial charge in [-0.1, -0.05) is 24.3 Å². The fourth-order valence-electron chi connectivity index (χ4n) is 2.72. The largest absolute Gasteiger partial charge is 0.436 e. The van der Waals surface area contributed by atoms with Crippen LogP contribution in [0.15, 0.2) is 72.4 Å². The zero-order chi connectivity index (χ0) is 24.7. The van der Waals surface area contributed by atoms with Crippen LogP contribution in [0.2, 0.25) is 0 Å². The van der Waals surface area contributed by atoms with Gasteiger partial charge in [-0.15, -0.1) is 0 Å². The third-order valence-corrected chi connectivity index (χ3v) is 5.06. The molecule has 0 aliphatic carbocycles. The Kier molecular flexibility index (Phi) is 7.56. The summed E-state index contributed by atoms with van der Waals surface area (Å²) in [6.07, 6.45) is 2.63. The minimum atomic E-state index is -0.702. The zero-order valence-corrected chi connectivity index (χ0v) is 19.3. The SMILES string of the molecule is CN(C)C(C)(C)/C=C(\C#N)C(=O)Nc1cccc(Nc2ncc(F)c(Oc3ccccc3)n2)c1. The van der Waals surface area contributed by atoms with Gasteiger partial charge >= 0.3 is 0 Å². The van der Waals surface area contributed by atoms with E-state index in [4.69, 9.17) is 4.74 Å². The molecule has 0 bridgehead atoms. The van der Waals surface area contributed by atoms with E-state index < -0.39 is 17.3 Å². The predicted molar refractivity (Wildman–Crippen MR) is 128 cm³/mol. The monoisotopic (exact) mass is 460 g/mol. The van der Waals surface area contributed by atoms with Gasteiger partial charge in [-0.25, -0.2) is 4.98 Å². The second kappa shape index (κ2) is 10.6. The summed E-state index contributed by atoms with van der Waals surface area (Å²) in [6.45, 7) is 3.81. The Morgan fingerprint density at radius 1 is 1.15 bits per heavy atom. The van der Waals surface area contributed by atoms with Gasteiger partial charge in [0, 0.05) is 16.9 Å². The maximum Gasteiger partial charge on any atom is 0.266 e. The maximum absolute atomic E-state index is 14.1. The molecule has 174 valence electrons. The number of para-hydroxylation sites is 1. The van der Waals surface area contributed by atoms with E-state index in [0.717, 1.165) is 6.20 Å². The maximum atomic E-state index is 14.1. The summed E-state index contributed by atoms with van der Waals surface area (Å²) in [7, 11) is 3.73. The molecule has 0 unspecified atom stereocenters. The average Bonchev–Trinajstić information content (AvgIpc) is 2.80. The molecule has 1 amide bonds. The molecular formula is C25H25FN6O2. The number of anilines is 3. The van der Waals surface area contributed by atoms with Crippen molar-refractivity contribution in [3.63, 3.8) is 0 Å². The summed E-state index contributed by atoms with van der Waals surface area (Å²) >= 11 is 0. The minimum Gasteiger partial charge on any atom is -0.436 e. The lowest BCUT2D eigenvalue weighted by atomic mass is 10.00. The van der Waals surface area contributed by atoms with E-state index in [-0.39, 0.29) is 17.4 Å². The highest BCUT2D eigenvalue weighted by Gasteiger charge is 2.21. The molecule has 8 nitrogen and oxygen atoms in total. The normalized spacial score (nSPS) is 11.6. The van der Waals surface area contributed by atoms with Crippen LogP contribution in [0.5, 0.6) is 11.6 Å². The van der Waals surface area contributed by atoms with Crippen molar-refractivity contribution in [1.29, 1.82) is 5.26 Å². The first-order valence-corrected chi connectivity index (χ1v) is 10.4. The molecule has 2 N–H and O–H groups in total. The van der Waals surface area contributed by atoms with Gasteiger partial charge in [0.25, 0.3) is 11.8 Å². The van der Waals surface area contributed by atoms with Crippen LogP contribution in [0, 0.1) is 17.1 Å². The molecule has 0 radical (unpaired) electrons. The smallest absolute Gasteiger partial charge is 0.266 e. The molecule has 3 aromatic rings. The van der Waals surface area contributed by atoms with Crippen LogP contribution in [0.25, 0.3) is 0 Å². The second-order valence-corrected chi connectivity index (χ2v) is 8.14. The van der Waals surface area contributed by atoms with Crippen LogP contribution >= 0.6 is 0 Å². The standard InChI is InChI=1S/C25H25FN6O2/c1-25(2,32(3)4)14-17(15-27)22(33)29-18-9-8-10-19(13-18)30-24-28-16-21(26)23(31-24)34-20-11-6-5-7-12-20/h5-14,16H,1-4H3,(H,29,33)(H,28,30,31)/b17-14+. The fraction of sp³-hybridized carbons (Fsp3) is 0.200. The number of halogens is 1. The van der Waals surface area contributed by atoms with Crippen LogP contribution in [0.4, 0.5) is 21.7 Å². The molecule has 3 rings (SSSR count). The predicted octanol–water partition coefficient (Wildman–Crippen LogP) is 4.88. The molecule has 0 saturated carbocycles. The van der Waals surface area contributed by atoms with Crippen molar-refractivity contribution in [3.05, 3.63) is 78.3 Å². The summed E-state index contributed by atoms with van der Waals surface area (Å²) in [5.74, 6) is -0.894. The fourth-order valence-corrected chi connectivity index (χ4v) is 2.72. The van der Waals surface area contributed by atoms with Gasteiger partial charge in [0.05, 0.1) is 6.20 Å². The van der Waals surface area contributed by atoms with Crippen LogP contribution < -0.4 is 15.4 Å². The molecular weight excluding hydrogens is 435 g/mol.